The molecule has 0 fully saturated rings. The van der Waals surface area contributed by atoms with E-state index in [1.807, 2.05) is 13.0 Å². The van der Waals surface area contributed by atoms with E-state index in [1.54, 1.807) is 24.7 Å². The number of rotatable bonds is 7. The Morgan fingerprint density at radius 1 is 1.28 bits per heavy atom. The molecular formula is C21H26N4O3S. The largest absolute Gasteiger partial charge is 0.465 e. The zero-order valence-electron chi connectivity index (χ0n) is 17.3. The SMILES string of the molecule is CCCCc1ccc2c(c1)sc(=NC(=O)c1c(C)cnn1C)n2CC(=O)OCC. The van der Waals surface area contributed by atoms with Gasteiger partial charge in [-0.2, -0.15) is 10.1 Å². The van der Waals surface area contributed by atoms with Crippen LogP contribution >= 0.6 is 11.3 Å². The van der Waals surface area contributed by atoms with Gasteiger partial charge in [0.05, 0.1) is 23.0 Å². The Labute approximate surface area is 173 Å². The number of fused-ring (bicyclic) bond motifs is 1. The summed E-state index contributed by atoms with van der Waals surface area (Å²) in [6.07, 6.45) is 4.89. The van der Waals surface area contributed by atoms with Gasteiger partial charge in [0.25, 0.3) is 5.91 Å². The summed E-state index contributed by atoms with van der Waals surface area (Å²) in [4.78, 5) is 29.8. The number of aryl methyl sites for hydroxylation is 3. The van der Waals surface area contributed by atoms with Crippen molar-refractivity contribution in [2.45, 2.75) is 46.6 Å². The molecule has 1 amide bonds. The molecule has 0 aliphatic rings. The van der Waals surface area contributed by atoms with Gasteiger partial charge in [-0.3, -0.25) is 14.3 Å². The minimum atomic E-state index is -0.377. The Bertz CT molecular complexity index is 1090. The molecule has 2 aromatic heterocycles. The molecule has 0 spiro atoms. The van der Waals surface area contributed by atoms with Gasteiger partial charge in [-0.1, -0.05) is 30.7 Å². The van der Waals surface area contributed by atoms with Crippen molar-refractivity contribution in [2.75, 3.05) is 6.61 Å². The van der Waals surface area contributed by atoms with Gasteiger partial charge in [0.15, 0.2) is 4.80 Å². The van der Waals surface area contributed by atoms with Crippen LogP contribution in [-0.2, 0) is 29.5 Å². The first kappa shape index (κ1) is 21.0. The molecule has 0 aliphatic carbocycles. The zero-order valence-corrected chi connectivity index (χ0v) is 18.1. The molecule has 0 N–H and O–H groups in total. The summed E-state index contributed by atoms with van der Waals surface area (Å²) < 4.78 is 9.39. The average Bonchev–Trinajstić information content (AvgIpc) is 3.19. The number of aromatic nitrogens is 3. The monoisotopic (exact) mass is 414 g/mol. The van der Waals surface area contributed by atoms with E-state index in [2.05, 4.69) is 29.1 Å². The van der Waals surface area contributed by atoms with Crippen molar-refractivity contribution in [2.24, 2.45) is 12.0 Å². The molecule has 8 heteroatoms. The molecular weight excluding hydrogens is 388 g/mol. The number of hydrogen-bond acceptors (Lipinski definition) is 5. The molecule has 0 saturated heterocycles. The lowest BCUT2D eigenvalue weighted by Gasteiger charge is -2.06. The van der Waals surface area contributed by atoms with Crippen molar-refractivity contribution in [3.63, 3.8) is 0 Å². The average molecular weight is 415 g/mol. The second-order valence-electron chi connectivity index (χ2n) is 6.90. The van der Waals surface area contributed by atoms with Crippen molar-refractivity contribution in [1.29, 1.82) is 0 Å². The molecule has 0 aliphatic heterocycles. The van der Waals surface area contributed by atoms with Crippen LogP contribution in [0.3, 0.4) is 0 Å². The number of carbonyl (C=O) groups is 2. The van der Waals surface area contributed by atoms with Gasteiger partial charge in [0, 0.05) is 12.6 Å². The van der Waals surface area contributed by atoms with Gasteiger partial charge in [-0.15, -0.1) is 0 Å². The number of nitrogens with zero attached hydrogens (tertiary/aromatic N) is 4. The Morgan fingerprint density at radius 3 is 2.72 bits per heavy atom. The normalized spacial score (nSPS) is 11.9. The highest BCUT2D eigenvalue weighted by Gasteiger charge is 2.16. The summed E-state index contributed by atoms with van der Waals surface area (Å²) in [6.45, 7) is 6.09. The van der Waals surface area contributed by atoms with Gasteiger partial charge in [0.1, 0.15) is 12.2 Å². The number of esters is 1. The van der Waals surface area contributed by atoms with Crippen LogP contribution < -0.4 is 4.80 Å². The predicted molar refractivity (Wildman–Crippen MR) is 113 cm³/mol. The Kier molecular flexibility index (Phi) is 6.64. The third kappa shape index (κ3) is 4.64. The number of carbonyl (C=O) groups excluding carboxylic acids is 2. The van der Waals surface area contributed by atoms with Crippen LogP contribution in [0.5, 0.6) is 0 Å². The van der Waals surface area contributed by atoms with Gasteiger partial charge in [-0.05, 0) is 44.4 Å². The van der Waals surface area contributed by atoms with E-state index in [0.717, 1.165) is 35.0 Å². The molecule has 0 atom stereocenters. The Balaban J connectivity index is 2.10. The van der Waals surface area contributed by atoms with Crippen molar-refractivity contribution in [1.82, 2.24) is 14.3 Å². The summed E-state index contributed by atoms with van der Waals surface area (Å²) in [5.41, 5.74) is 3.32. The molecule has 0 bridgehead atoms. The first-order valence-corrected chi connectivity index (χ1v) is 10.6. The standard InChI is InChI=1S/C21H26N4O3S/c1-5-7-8-15-9-10-16-17(11-15)29-21(25(16)13-18(26)28-6-2)23-20(27)19-14(3)12-22-24(19)4/h9-12H,5-8,13H2,1-4H3. The maximum absolute atomic E-state index is 12.8. The summed E-state index contributed by atoms with van der Waals surface area (Å²) in [6, 6.07) is 6.19. The minimum Gasteiger partial charge on any atom is -0.465 e. The van der Waals surface area contributed by atoms with Crippen LogP contribution in [-0.4, -0.2) is 32.8 Å². The fourth-order valence-corrected chi connectivity index (χ4v) is 4.31. The molecule has 7 nitrogen and oxygen atoms in total. The smallest absolute Gasteiger partial charge is 0.326 e. The number of benzene rings is 1. The van der Waals surface area contributed by atoms with E-state index in [1.165, 1.54) is 21.6 Å². The van der Waals surface area contributed by atoms with Crippen molar-refractivity contribution < 1.29 is 14.3 Å². The van der Waals surface area contributed by atoms with E-state index >= 15 is 0 Å². The number of thiazole rings is 1. The predicted octanol–water partition coefficient (Wildman–Crippen LogP) is 3.39. The molecule has 0 saturated carbocycles. The zero-order chi connectivity index (χ0) is 21.0. The van der Waals surface area contributed by atoms with E-state index in [0.29, 0.717) is 17.1 Å². The molecule has 0 unspecified atom stereocenters. The van der Waals surface area contributed by atoms with E-state index in [4.69, 9.17) is 4.74 Å². The van der Waals surface area contributed by atoms with E-state index < -0.39 is 0 Å². The molecule has 0 radical (unpaired) electrons. The minimum absolute atomic E-state index is 0.0125. The summed E-state index contributed by atoms with van der Waals surface area (Å²) in [5, 5.41) is 4.12. The van der Waals surface area contributed by atoms with Crippen LogP contribution in [0, 0.1) is 6.92 Å². The molecule has 2 heterocycles. The highest BCUT2D eigenvalue weighted by Crippen LogP contribution is 2.21. The van der Waals surface area contributed by atoms with Crippen molar-refractivity contribution >= 4 is 33.4 Å². The summed E-state index contributed by atoms with van der Waals surface area (Å²) >= 11 is 1.41. The summed E-state index contributed by atoms with van der Waals surface area (Å²) in [5.74, 6) is -0.731. The lowest BCUT2D eigenvalue weighted by atomic mass is 10.1. The van der Waals surface area contributed by atoms with Crippen LogP contribution in [0.15, 0.2) is 29.4 Å². The third-order valence-electron chi connectivity index (χ3n) is 4.68. The lowest BCUT2D eigenvalue weighted by Crippen LogP contribution is -2.23. The number of ether oxygens (including phenoxy) is 1. The van der Waals surface area contributed by atoms with Crippen LogP contribution in [0.2, 0.25) is 0 Å². The van der Waals surface area contributed by atoms with Crippen LogP contribution in [0.4, 0.5) is 0 Å². The second kappa shape index (κ2) is 9.17. The Morgan fingerprint density at radius 2 is 2.07 bits per heavy atom. The highest BCUT2D eigenvalue weighted by atomic mass is 32.1. The van der Waals surface area contributed by atoms with E-state index in [9.17, 15) is 9.59 Å². The molecule has 3 aromatic rings. The van der Waals surface area contributed by atoms with Gasteiger partial charge in [0.2, 0.25) is 0 Å². The molecule has 29 heavy (non-hydrogen) atoms. The van der Waals surface area contributed by atoms with Crippen molar-refractivity contribution in [3.8, 4) is 0 Å². The van der Waals surface area contributed by atoms with Gasteiger partial charge < -0.3 is 9.30 Å². The maximum Gasteiger partial charge on any atom is 0.326 e. The fraction of sp³-hybridized carbons (Fsp3) is 0.429. The first-order chi connectivity index (χ1) is 13.9. The number of amides is 1. The first-order valence-electron chi connectivity index (χ1n) is 9.80. The lowest BCUT2D eigenvalue weighted by molar-refractivity contribution is -0.143. The molecule has 154 valence electrons. The quantitative estimate of drug-likeness (QED) is 0.555. The van der Waals surface area contributed by atoms with Crippen LogP contribution in [0.1, 0.15) is 48.3 Å². The van der Waals surface area contributed by atoms with Gasteiger partial charge >= 0.3 is 5.97 Å². The summed E-state index contributed by atoms with van der Waals surface area (Å²) in [7, 11) is 1.72. The molecule has 1 aromatic carbocycles. The Hall–Kier alpha value is -2.74. The van der Waals surface area contributed by atoms with Gasteiger partial charge in [-0.25, -0.2) is 0 Å². The maximum atomic E-state index is 12.8. The second-order valence-corrected chi connectivity index (χ2v) is 7.91. The number of hydrogen-bond donors (Lipinski definition) is 0. The molecule has 3 rings (SSSR count). The highest BCUT2D eigenvalue weighted by molar-refractivity contribution is 7.16. The fourth-order valence-electron chi connectivity index (χ4n) is 3.22. The third-order valence-corrected chi connectivity index (χ3v) is 5.72. The van der Waals surface area contributed by atoms with Crippen molar-refractivity contribution in [3.05, 3.63) is 46.0 Å². The van der Waals surface area contributed by atoms with E-state index in [-0.39, 0.29) is 18.4 Å². The number of unbranched alkanes of at least 4 members (excludes halogenated alkanes) is 1. The topological polar surface area (TPSA) is 78.5 Å². The van der Waals surface area contributed by atoms with Crippen LogP contribution in [0.25, 0.3) is 10.2 Å².